The molecule has 0 radical (unpaired) electrons. The van der Waals surface area contributed by atoms with Crippen LogP contribution in [0.2, 0.25) is 0 Å². The van der Waals surface area contributed by atoms with E-state index in [4.69, 9.17) is 10.5 Å². The lowest BCUT2D eigenvalue weighted by Gasteiger charge is -2.28. The number of pyridine rings is 1. The lowest BCUT2D eigenvalue weighted by molar-refractivity contribution is 0.122. The van der Waals surface area contributed by atoms with Gasteiger partial charge in [-0.05, 0) is 18.2 Å². The molecular weight excluding hydrogens is 346 g/mol. The molecule has 130 valence electrons. The number of anilines is 2. The Kier molecular flexibility index (Phi) is 4.52. The molecule has 2 N–H and O–H groups in total. The molecule has 3 aromatic rings. The Morgan fingerprint density at radius 3 is 2.58 bits per heavy atom. The second kappa shape index (κ2) is 7.12. The van der Waals surface area contributed by atoms with Crippen LogP contribution in [-0.2, 0) is 4.74 Å². The number of nitriles is 1. The van der Waals surface area contributed by atoms with Gasteiger partial charge in [-0.3, -0.25) is 0 Å². The van der Waals surface area contributed by atoms with Crippen molar-refractivity contribution in [3.05, 3.63) is 46.8 Å². The molecule has 0 atom stereocenters. The molecule has 2 aromatic heterocycles. The fourth-order valence-corrected chi connectivity index (χ4v) is 3.59. The molecule has 1 aliphatic heterocycles. The van der Waals surface area contributed by atoms with Crippen LogP contribution >= 0.6 is 11.3 Å². The molecule has 4 rings (SSSR count). The van der Waals surface area contributed by atoms with E-state index in [1.165, 1.54) is 17.0 Å². The van der Waals surface area contributed by atoms with E-state index < -0.39 is 0 Å². The number of rotatable bonds is 3. The van der Waals surface area contributed by atoms with Crippen LogP contribution in [0, 0.1) is 11.3 Å². The van der Waals surface area contributed by atoms with Crippen LogP contribution in [0.25, 0.3) is 22.5 Å². The number of aromatic nitrogens is 2. The summed E-state index contributed by atoms with van der Waals surface area (Å²) in [5.41, 5.74) is 12.5. The summed E-state index contributed by atoms with van der Waals surface area (Å²) in [5, 5.41) is 11.3. The van der Waals surface area contributed by atoms with Gasteiger partial charge in [-0.25, -0.2) is 9.97 Å². The van der Waals surface area contributed by atoms with E-state index in [2.05, 4.69) is 33.1 Å². The summed E-state index contributed by atoms with van der Waals surface area (Å²) in [6, 6.07) is 12.3. The monoisotopic (exact) mass is 363 g/mol. The number of nitrogens with zero attached hydrogens (tertiary/aromatic N) is 4. The number of nitrogen functional groups attached to an aromatic ring is 1. The van der Waals surface area contributed by atoms with Crippen LogP contribution in [0.15, 0.2) is 41.2 Å². The molecule has 7 heteroatoms. The summed E-state index contributed by atoms with van der Waals surface area (Å²) in [6.45, 7) is 3.31. The van der Waals surface area contributed by atoms with Gasteiger partial charge in [-0.15, -0.1) is 11.3 Å². The van der Waals surface area contributed by atoms with Gasteiger partial charge in [0.1, 0.15) is 17.5 Å². The number of morpholine rings is 1. The molecule has 0 unspecified atom stereocenters. The van der Waals surface area contributed by atoms with Crippen molar-refractivity contribution in [3.63, 3.8) is 0 Å². The highest BCUT2D eigenvalue weighted by molar-refractivity contribution is 7.07. The Bertz CT molecular complexity index is 941. The number of benzene rings is 1. The summed E-state index contributed by atoms with van der Waals surface area (Å²) in [7, 11) is 0. The van der Waals surface area contributed by atoms with E-state index in [1.54, 1.807) is 5.51 Å². The highest BCUT2D eigenvalue weighted by atomic mass is 32.1. The summed E-state index contributed by atoms with van der Waals surface area (Å²) < 4.78 is 5.40. The van der Waals surface area contributed by atoms with Crippen molar-refractivity contribution in [1.82, 2.24) is 9.97 Å². The van der Waals surface area contributed by atoms with Crippen molar-refractivity contribution >= 4 is 22.8 Å². The molecule has 1 saturated heterocycles. The first-order valence-corrected chi connectivity index (χ1v) is 9.23. The largest absolute Gasteiger partial charge is 0.383 e. The second-order valence-corrected chi connectivity index (χ2v) is 6.67. The zero-order valence-electron chi connectivity index (χ0n) is 14.1. The average molecular weight is 363 g/mol. The van der Waals surface area contributed by atoms with Crippen LogP contribution < -0.4 is 10.6 Å². The van der Waals surface area contributed by atoms with Crippen LogP contribution in [0.4, 0.5) is 11.5 Å². The van der Waals surface area contributed by atoms with Gasteiger partial charge in [0.2, 0.25) is 0 Å². The van der Waals surface area contributed by atoms with Crippen LogP contribution in [-0.4, -0.2) is 36.3 Å². The van der Waals surface area contributed by atoms with Gasteiger partial charge in [0.05, 0.1) is 30.1 Å². The van der Waals surface area contributed by atoms with E-state index in [0.29, 0.717) is 11.1 Å². The summed E-state index contributed by atoms with van der Waals surface area (Å²) in [4.78, 5) is 11.0. The fourth-order valence-electron chi connectivity index (χ4n) is 3.04. The van der Waals surface area contributed by atoms with Crippen LogP contribution in [0.5, 0.6) is 0 Å². The maximum atomic E-state index is 9.43. The van der Waals surface area contributed by atoms with E-state index in [1.807, 2.05) is 23.6 Å². The highest BCUT2D eigenvalue weighted by Crippen LogP contribution is 2.31. The minimum atomic E-state index is 0.227. The molecule has 26 heavy (non-hydrogen) atoms. The van der Waals surface area contributed by atoms with E-state index >= 15 is 0 Å². The van der Waals surface area contributed by atoms with E-state index in [-0.39, 0.29) is 5.82 Å². The van der Waals surface area contributed by atoms with Crippen molar-refractivity contribution in [2.24, 2.45) is 0 Å². The highest BCUT2D eigenvalue weighted by Gasteiger charge is 2.15. The van der Waals surface area contributed by atoms with Gasteiger partial charge in [0.25, 0.3) is 0 Å². The van der Waals surface area contributed by atoms with Crippen molar-refractivity contribution in [2.45, 2.75) is 0 Å². The van der Waals surface area contributed by atoms with Crippen molar-refractivity contribution < 1.29 is 4.74 Å². The van der Waals surface area contributed by atoms with Crippen molar-refractivity contribution in [3.8, 4) is 28.6 Å². The Morgan fingerprint density at radius 1 is 1.15 bits per heavy atom. The molecule has 0 aliphatic carbocycles. The minimum absolute atomic E-state index is 0.227. The fraction of sp³-hybridized carbons (Fsp3) is 0.211. The van der Waals surface area contributed by atoms with Gasteiger partial charge in [-0.1, -0.05) is 12.1 Å². The first-order chi connectivity index (χ1) is 12.8. The predicted molar refractivity (Wildman–Crippen MR) is 103 cm³/mol. The Balaban J connectivity index is 1.70. The number of thiazole rings is 1. The summed E-state index contributed by atoms with van der Waals surface area (Å²) in [5.74, 6) is 0.227. The SMILES string of the molecule is N#Cc1c(-c2cscn2)cc(-c2ccc(N3CCOCC3)cc2)nc1N. The second-order valence-electron chi connectivity index (χ2n) is 5.95. The van der Waals surface area contributed by atoms with Gasteiger partial charge in [0, 0.05) is 35.3 Å². The zero-order valence-corrected chi connectivity index (χ0v) is 14.9. The maximum Gasteiger partial charge on any atom is 0.142 e. The summed E-state index contributed by atoms with van der Waals surface area (Å²) >= 11 is 1.48. The standard InChI is InChI=1S/C19H17N5OS/c20-10-16-15(18-11-26-12-22-18)9-17(23-19(16)21)13-1-3-14(4-2-13)24-5-7-25-8-6-24/h1-4,9,11-12H,5-8H2,(H2,21,23). The molecule has 1 aromatic carbocycles. The zero-order chi connectivity index (χ0) is 17.9. The van der Waals surface area contributed by atoms with Crippen molar-refractivity contribution in [2.75, 3.05) is 36.9 Å². The minimum Gasteiger partial charge on any atom is -0.383 e. The number of hydrogen-bond donors (Lipinski definition) is 1. The Hall–Kier alpha value is -2.95. The quantitative estimate of drug-likeness (QED) is 0.769. The lowest BCUT2D eigenvalue weighted by Crippen LogP contribution is -2.36. The molecular formula is C19H17N5OS. The normalized spacial score (nSPS) is 14.2. The molecule has 1 fully saturated rings. The smallest absolute Gasteiger partial charge is 0.142 e. The van der Waals surface area contributed by atoms with Gasteiger partial charge in [-0.2, -0.15) is 5.26 Å². The van der Waals surface area contributed by atoms with Gasteiger partial charge in [0.15, 0.2) is 0 Å². The molecule has 0 spiro atoms. The van der Waals surface area contributed by atoms with Crippen molar-refractivity contribution in [1.29, 1.82) is 5.26 Å². The molecule has 1 aliphatic rings. The molecule has 6 nitrogen and oxygen atoms in total. The first kappa shape index (κ1) is 16.5. The third-order valence-electron chi connectivity index (χ3n) is 4.41. The lowest BCUT2D eigenvalue weighted by atomic mass is 10.0. The summed E-state index contributed by atoms with van der Waals surface area (Å²) in [6.07, 6.45) is 0. The Morgan fingerprint density at radius 2 is 1.92 bits per heavy atom. The first-order valence-electron chi connectivity index (χ1n) is 8.28. The third-order valence-corrected chi connectivity index (χ3v) is 4.99. The average Bonchev–Trinajstić information content (AvgIpc) is 3.23. The number of nitrogens with two attached hydrogens (primary N) is 1. The molecule has 3 heterocycles. The van der Waals surface area contributed by atoms with E-state index in [9.17, 15) is 5.26 Å². The number of hydrogen-bond acceptors (Lipinski definition) is 7. The van der Waals surface area contributed by atoms with Crippen LogP contribution in [0.3, 0.4) is 0 Å². The topological polar surface area (TPSA) is 88.1 Å². The molecule has 0 bridgehead atoms. The third kappa shape index (κ3) is 3.12. The van der Waals surface area contributed by atoms with Gasteiger partial charge >= 0.3 is 0 Å². The van der Waals surface area contributed by atoms with E-state index in [0.717, 1.165) is 43.3 Å². The maximum absolute atomic E-state index is 9.43. The molecule has 0 saturated carbocycles. The number of ether oxygens (including phenoxy) is 1. The van der Waals surface area contributed by atoms with Crippen LogP contribution in [0.1, 0.15) is 5.56 Å². The van der Waals surface area contributed by atoms with Gasteiger partial charge < -0.3 is 15.4 Å². The Labute approximate surface area is 155 Å². The predicted octanol–water partition coefficient (Wildman–Crippen LogP) is 3.16. The molecule has 0 amide bonds.